The summed E-state index contributed by atoms with van der Waals surface area (Å²) in [7, 11) is 0. The summed E-state index contributed by atoms with van der Waals surface area (Å²) in [6.07, 6.45) is 1.40. The van der Waals surface area contributed by atoms with Gasteiger partial charge in [-0.3, -0.25) is 9.59 Å². The molecule has 162 valence electrons. The molecule has 0 spiro atoms. The van der Waals surface area contributed by atoms with Crippen LogP contribution >= 0.6 is 27.5 Å². The summed E-state index contributed by atoms with van der Waals surface area (Å²) in [5.74, 6) is -1.07. The van der Waals surface area contributed by atoms with Crippen molar-refractivity contribution in [2.45, 2.75) is 0 Å². The smallest absolute Gasteiger partial charge is 0.343 e. The van der Waals surface area contributed by atoms with Crippen LogP contribution in [-0.2, 0) is 4.79 Å². The normalized spacial score (nSPS) is 10.6. The number of carbonyl (C=O) groups is 3. The van der Waals surface area contributed by atoms with Gasteiger partial charge in [0.05, 0.1) is 18.3 Å². The lowest BCUT2D eigenvalue weighted by atomic mass is 10.2. The van der Waals surface area contributed by atoms with Crippen LogP contribution in [-0.4, -0.2) is 30.5 Å². The van der Waals surface area contributed by atoms with Crippen LogP contribution in [0.2, 0.25) is 5.02 Å². The van der Waals surface area contributed by atoms with E-state index in [0.717, 1.165) is 4.47 Å². The van der Waals surface area contributed by atoms with E-state index in [1.54, 1.807) is 72.8 Å². The predicted molar refractivity (Wildman–Crippen MR) is 125 cm³/mol. The molecular formula is C23H17BrClN3O4. The molecule has 2 amide bonds. The van der Waals surface area contributed by atoms with E-state index in [2.05, 4.69) is 31.8 Å². The van der Waals surface area contributed by atoms with Crippen LogP contribution in [0, 0.1) is 0 Å². The molecule has 0 saturated carbocycles. The summed E-state index contributed by atoms with van der Waals surface area (Å²) < 4.78 is 6.11. The Morgan fingerprint density at radius 2 is 1.72 bits per heavy atom. The second-order valence-electron chi connectivity index (χ2n) is 6.46. The average Bonchev–Trinajstić information content (AvgIpc) is 2.78. The molecule has 0 bridgehead atoms. The fourth-order valence-electron chi connectivity index (χ4n) is 2.52. The maximum atomic E-state index is 12.2. The van der Waals surface area contributed by atoms with Gasteiger partial charge < -0.3 is 10.1 Å². The van der Waals surface area contributed by atoms with Crippen LogP contribution in [0.5, 0.6) is 5.75 Å². The topological polar surface area (TPSA) is 96.9 Å². The molecule has 0 saturated heterocycles. The van der Waals surface area contributed by atoms with Crippen molar-refractivity contribution in [1.29, 1.82) is 0 Å². The molecule has 0 unspecified atom stereocenters. The average molecular weight is 515 g/mol. The molecule has 0 aliphatic rings. The standard InChI is InChI=1S/C23H17BrClN3O4/c24-18-5-2-4-17(12-18)22(30)26-14-21(29)28-27-13-15-3-1-6-20(11-15)32-23(31)16-7-9-19(25)10-8-16/h1-13H,14H2,(H,26,30)(H,28,29). The summed E-state index contributed by atoms with van der Waals surface area (Å²) in [5, 5.41) is 6.89. The van der Waals surface area contributed by atoms with Crippen molar-refractivity contribution in [2.75, 3.05) is 6.54 Å². The van der Waals surface area contributed by atoms with Gasteiger partial charge in [0, 0.05) is 15.1 Å². The van der Waals surface area contributed by atoms with Gasteiger partial charge in [-0.1, -0.05) is 45.7 Å². The van der Waals surface area contributed by atoms with Gasteiger partial charge in [0.15, 0.2) is 0 Å². The summed E-state index contributed by atoms with van der Waals surface area (Å²) in [6, 6.07) is 19.8. The highest BCUT2D eigenvalue weighted by molar-refractivity contribution is 9.10. The first kappa shape index (κ1) is 23.2. The minimum absolute atomic E-state index is 0.235. The number of carbonyl (C=O) groups excluding carboxylic acids is 3. The molecule has 3 aromatic rings. The predicted octanol–water partition coefficient (Wildman–Crippen LogP) is 4.20. The number of halogens is 2. The Kier molecular flexibility index (Phi) is 8.13. The van der Waals surface area contributed by atoms with Gasteiger partial charge in [-0.05, 0) is 60.2 Å². The van der Waals surface area contributed by atoms with Gasteiger partial charge in [-0.25, -0.2) is 10.2 Å². The van der Waals surface area contributed by atoms with E-state index in [9.17, 15) is 14.4 Å². The molecule has 0 heterocycles. The first-order valence-electron chi connectivity index (χ1n) is 9.34. The summed E-state index contributed by atoms with van der Waals surface area (Å²) in [4.78, 5) is 36.1. The van der Waals surface area contributed by atoms with E-state index in [1.807, 2.05) is 0 Å². The number of hydrogen-bond acceptors (Lipinski definition) is 5. The summed E-state index contributed by atoms with van der Waals surface area (Å²) >= 11 is 9.11. The fraction of sp³-hybridized carbons (Fsp3) is 0.0435. The van der Waals surface area contributed by atoms with Crippen molar-refractivity contribution in [3.8, 4) is 5.75 Å². The third-order valence-electron chi connectivity index (χ3n) is 4.05. The Morgan fingerprint density at radius 1 is 0.969 bits per heavy atom. The van der Waals surface area contributed by atoms with Crippen LogP contribution in [0.3, 0.4) is 0 Å². The fourth-order valence-corrected chi connectivity index (χ4v) is 3.05. The highest BCUT2D eigenvalue weighted by Crippen LogP contribution is 2.16. The number of amides is 2. The van der Waals surface area contributed by atoms with Crippen LogP contribution in [0.15, 0.2) is 82.4 Å². The number of esters is 1. The van der Waals surface area contributed by atoms with Crippen molar-refractivity contribution in [3.05, 3.63) is 99.0 Å². The van der Waals surface area contributed by atoms with Crippen LogP contribution < -0.4 is 15.5 Å². The largest absolute Gasteiger partial charge is 0.423 e. The van der Waals surface area contributed by atoms with Gasteiger partial charge in [0.25, 0.3) is 11.8 Å². The van der Waals surface area contributed by atoms with Crippen LogP contribution in [0.25, 0.3) is 0 Å². The zero-order chi connectivity index (χ0) is 22.9. The molecular weight excluding hydrogens is 498 g/mol. The van der Waals surface area contributed by atoms with Crippen LogP contribution in [0.1, 0.15) is 26.3 Å². The van der Waals surface area contributed by atoms with E-state index >= 15 is 0 Å². The Hall–Kier alpha value is -3.49. The number of ether oxygens (including phenoxy) is 1. The Labute approximate surface area is 197 Å². The van der Waals surface area contributed by atoms with Gasteiger partial charge in [0.1, 0.15) is 5.75 Å². The highest BCUT2D eigenvalue weighted by Gasteiger charge is 2.09. The van der Waals surface area contributed by atoms with Crippen molar-refractivity contribution in [1.82, 2.24) is 10.7 Å². The molecule has 2 N–H and O–H groups in total. The van der Waals surface area contributed by atoms with Crippen molar-refractivity contribution < 1.29 is 19.1 Å². The summed E-state index contributed by atoms with van der Waals surface area (Å²) in [6.45, 7) is -0.235. The van der Waals surface area contributed by atoms with Gasteiger partial charge in [0.2, 0.25) is 0 Å². The number of rotatable bonds is 7. The molecule has 0 atom stereocenters. The van der Waals surface area contributed by atoms with E-state index in [-0.39, 0.29) is 12.5 Å². The molecule has 32 heavy (non-hydrogen) atoms. The molecule has 0 aliphatic heterocycles. The lowest BCUT2D eigenvalue weighted by molar-refractivity contribution is -0.120. The first-order chi connectivity index (χ1) is 15.4. The lowest BCUT2D eigenvalue weighted by Gasteiger charge is -2.06. The first-order valence-corrected chi connectivity index (χ1v) is 10.5. The molecule has 9 heteroatoms. The van der Waals surface area contributed by atoms with E-state index in [0.29, 0.717) is 27.5 Å². The van der Waals surface area contributed by atoms with Crippen molar-refractivity contribution in [2.24, 2.45) is 5.10 Å². The zero-order valence-corrected chi connectivity index (χ0v) is 18.9. The highest BCUT2D eigenvalue weighted by atomic mass is 79.9. The van der Waals surface area contributed by atoms with Crippen LogP contribution in [0.4, 0.5) is 0 Å². The molecule has 0 radical (unpaired) electrons. The number of hydrogen-bond donors (Lipinski definition) is 2. The van der Waals surface area contributed by atoms with Crippen molar-refractivity contribution >= 4 is 51.5 Å². The van der Waals surface area contributed by atoms with Gasteiger partial charge >= 0.3 is 5.97 Å². The van der Waals surface area contributed by atoms with E-state index < -0.39 is 11.9 Å². The van der Waals surface area contributed by atoms with E-state index in [1.165, 1.54) is 6.21 Å². The quantitative estimate of drug-likeness (QED) is 0.214. The number of hydrazone groups is 1. The lowest BCUT2D eigenvalue weighted by Crippen LogP contribution is -2.34. The van der Waals surface area contributed by atoms with Gasteiger partial charge in [-0.2, -0.15) is 5.10 Å². The SMILES string of the molecule is O=C(CNC(=O)c1cccc(Br)c1)NN=Cc1cccc(OC(=O)c2ccc(Cl)cc2)c1. The molecule has 0 fully saturated rings. The molecule has 0 aliphatic carbocycles. The Morgan fingerprint density at radius 3 is 2.47 bits per heavy atom. The monoisotopic (exact) mass is 513 g/mol. The molecule has 3 rings (SSSR count). The third kappa shape index (κ3) is 7.04. The zero-order valence-electron chi connectivity index (χ0n) is 16.5. The number of nitrogens with one attached hydrogen (secondary N) is 2. The Balaban J connectivity index is 1.49. The number of nitrogens with zero attached hydrogens (tertiary/aromatic N) is 1. The minimum atomic E-state index is -0.523. The molecule has 7 nitrogen and oxygen atoms in total. The second-order valence-corrected chi connectivity index (χ2v) is 7.81. The summed E-state index contributed by atoms with van der Waals surface area (Å²) in [5.41, 5.74) is 3.73. The minimum Gasteiger partial charge on any atom is -0.423 e. The van der Waals surface area contributed by atoms with Crippen molar-refractivity contribution in [3.63, 3.8) is 0 Å². The maximum Gasteiger partial charge on any atom is 0.343 e. The Bertz CT molecular complexity index is 1170. The molecule has 3 aromatic carbocycles. The number of benzene rings is 3. The van der Waals surface area contributed by atoms with E-state index in [4.69, 9.17) is 16.3 Å². The molecule has 0 aromatic heterocycles. The third-order valence-corrected chi connectivity index (χ3v) is 4.79. The maximum absolute atomic E-state index is 12.2. The second kappa shape index (κ2) is 11.2. The van der Waals surface area contributed by atoms with Gasteiger partial charge in [-0.15, -0.1) is 0 Å².